The number of nitrogens with zero attached hydrogens (tertiary/aromatic N) is 2. The van der Waals surface area contributed by atoms with E-state index in [0.717, 1.165) is 12.0 Å². The van der Waals surface area contributed by atoms with Gasteiger partial charge in [0.1, 0.15) is 11.5 Å². The van der Waals surface area contributed by atoms with Crippen molar-refractivity contribution in [3.05, 3.63) is 23.8 Å². The molecular formula is C18H24N2O4. The number of carbonyl (C=O) groups is 2. The Morgan fingerprint density at radius 3 is 2.79 bits per heavy atom. The van der Waals surface area contributed by atoms with Crippen LogP contribution in [0.1, 0.15) is 18.4 Å². The number of carbonyl (C=O) groups excluding carboxylic acids is 2. The molecule has 130 valence electrons. The Kier molecular flexibility index (Phi) is 4.64. The summed E-state index contributed by atoms with van der Waals surface area (Å²) in [6.07, 6.45) is 1.78. The average molecular weight is 332 g/mol. The Morgan fingerprint density at radius 1 is 1.29 bits per heavy atom. The summed E-state index contributed by atoms with van der Waals surface area (Å²) in [5.74, 6) is 2.03. The van der Waals surface area contributed by atoms with Gasteiger partial charge < -0.3 is 19.3 Å². The summed E-state index contributed by atoms with van der Waals surface area (Å²) >= 11 is 0. The molecule has 0 radical (unpaired) electrons. The molecule has 2 atom stereocenters. The highest BCUT2D eigenvalue weighted by Crippen LogP contribution is 2.32. The van der Waals surface area contributed by atoms with E-state index in [-0.39, 0.29) is 24.3 Å². The number of amides is 2. The third kappa shape index (κ3) is 3.05. The quantitative estimate of drug-likeness (QED) is 0.834. The topological polar surface area (TPSA) is 59.1 Å². The number of likely N-dealkylation sites (N-methyl/N-ethyl adjacent to an activating group) is 1. The number of hydrogen-bond acceptors (Lipinski definition) is 4. The summed E-state index contributed by atoms with van der Waals surface area (Å²) in [6.45, 7) is 1.34. The molecule has 24 heavy (non-hydrogen) atoms. The fourth-order valence-electron chi connectivity index (χ4n) is 3.73. The molecule has 0 unspecified atom stereocenters. The monoisotopic (exact) mass is 332 g/mol. The SMILES string of the molecule is COc1ccc(OC)c(CC(=O)N2CC[C@@H]3CC(=O)N(C)[C@@H]3C2)c1. The molecule has 0 bridgehead atoms. The first-order chi connectivity index (χ1) is 11.5. The van der Waals surface area contributed by atoms with Crippen LogP contribution in [0.25, 0.3) is 0 Å². The lowest BCUT2D eigenvalue weighted by molar-refractivity contribution is -0.134. The van der Waals surface area contributed by atoms with E-state index in [1.54, 1.807) is 19.1 Å². The van der Waals surface area contributed by atoms with E-state index in [1.807, 2.05) is 30.1 Å². The minimum Gasteiger partial charge on any atom is -0.497 e. The maximum Gasteiger partial charge on any atom is 0.227 e. The predicted molar refractivity (Wildman–Crippen MR) is 89.1 cm³/mol. The number of piperidine rings is 1. The van der Waals surface area contributed by atoms with Crippen LogP contribution in [0.2, 0.25) is 0 Å². The van der Waals surface area contributed by atoms with Crippen molar-refractivity contribution in [1.29, 1.82) is 0 Å². The molecule has 3 rings (SSSR count). The molecular weight excluding hydrogens is 308 g/mol. The number of likely N-dealkylation sites (tertiary alicyclic amines) is 2. The molecule has 1 aromatic carbocycles. The van der Waals surface area contributed by atoms with Gasteiger partial charge in [-0.1, -0.05) is 0 Å². The van der Waals surface area contributed by atoms with Crippen molar-refractivity contribution >= 4 is 11.8 Å². The molecule has 0 N–H and O–H groups in total. The number of rotatable bonds is 4. The van der Waals surface area contributed by atoms with Gasteiger partial charge in [-0.15, -0.1) is 0 Å². The van der Waals surface area contributed by atoms with Gasteiger partial charge in [0.25, 0.3) is 0 Å². The second kappa shape index (κ2) is 6.71. The van der Waals surface area contributed by atoms with Crippen molar-refractivity contribution in [3.8, 4) is 11.5 Å². The van der Waals surface area contributed by atoms with E-state index in [4.69, 9.17) is 9.47 Å². The van der Waals surface area contributed by atoms with Crippen LogP contribution in [0.3, 0.4) is 0 Å². The highest BCUT2D eigenvalue weighted by atomic mass is 16.5. The maximum atomic E-state index is 12.7. The molecule has 0 aliphatic carbocycles. The highest BCUT2D eigenvalue weighted by Gasteiger charge is 2.41. The summed E-state index contributed by atoms with van der Waals surface area (Å²) in [5.41, 5.74) is 0.819. The van der Waals surface area contributed by atoms with Gasteiger partial charge in [0.2, 0.25) is 11.8 Å². The largest absolute Gasteiger partial charge is 0.497 e. The van der Waals surface area contributed by atoms with Crippen LogP contribution in [0.5, 0.6) is 11.5 Å². The van der Waals surface area contributed by atoms with Gasteiger partial charge in [-0.25, -0.2) is 0 Å². The van der Waals surface area contributed by atoms with Crippen molar-refractivity contribution < 1.29 is 19.1 Å². The van der Waals surface area contributed by atoms with Crippen molar-refractivity contribution in [3.63, 3.8) is 0 Å². The van der Waals surface area contributed by atoms with Crippen molar-refractivity contribution in [1.82, 2.24) is 9.80 Å². The lowest BCUT2D eigenvalue weighted by atomic mass is 9.92. The fourth-order valence-corrected chi connectivity index (χ4v) is 3.73. The molecule has 1 aromatic rings. The van der Waals surface area contributed by atoms with Crippen LogP contribution in [-0.4, -0.2) is 62.0 Å². The van der Waals surface area contributed by atoms with Crippen LogP contribution in [0, 0.1) is 5.92 Å². The van der Waals surface area contributed by atoms with Crippen LogP contribution in [0.15, 0.2) is 18.2 Å². The first-order valence-electron chi connectivity index (χ1n) is 8.27. The van der Waals surface area contributed by atoms with E-state index >= 15 is 0 Å². The van der Waals surface area contributed by atoms with E-state index in [9.17, 15) is 9.59 Å². The standard InChI is InChI=1S/C18H24N2O4/c1-19-15-11-20(7-6-12(15)9-17(19)21)18(22)10-13-8-14(23-2)4-5-16(13)24-3/h4-5,8,12,15H,6-7,9-11H2,1-3H3/t12-,15-/m1/s1. The zero-order valence-corrected chi connectivity index (χ0v) is 14.4. The molecule has 0 saturated carbocycles. The second-order valence-electron chi connectivity index (χ2n) is 6.52. The third-order valence-electron chi connectivity index (χ3n) is 5.23. The summed E-state index contributed by atoms with van der Waals surface area (Å²) in [5, 5.41) is 0. The van der Waals surface area contributed by atoms with E-state index in [0.29, 0.717) is 36.9 Å². The Balaban J connectivity index is 1.70. The molecule has 2 heterocycles. The van der Waals surface area contributed by atoms with Crippen LogP contribution in [-0.2, 0) is 16.0 Å². The van der Waals surface area contributed by atoms with E-state index < -0.39 is 0 Å². The van der Waals surface area contributed by atoms with Gasteiger partial charge in [-0.05, 0) is 30.5 Å². The van der Waals surface area contributed by atoms with Gasteiger partial charge in [0.05, 0.1) is 26.7 Å². The lowest BCUT2D eigenvalue weighted by Crippen LogP contribution is -2.49. The number of benzene rings is 1. The second-order valence-corrected chi connectivity index (χ2v) is 6.52. The van der Waals surface area contributed by atoms with Gasteiger partial charge >= 0.3 is 0 Å². The van der Waals surface area contributed by atoms with Crippen LogP contribution in [0.4, 0.5) is 0 Å². The number of fused-ring (bicyclic) bond motifs is 1. The summed E-state index contributed by atoms with van der Waals surface area (Å²) in [4.78, 5) is 28.3. The van der Waals surface area contributed by atoms with Crippen LogP contribution >= 0.6 is 0 Å². The zero-order valence-electron chi connectivity index (χ0n) is 14.4. The van der Waals surface area contributed by atoms with Gasteiger partial charge in [-0.3, -0.25) is 9.59 Å². The Hall–Kier alpha value is -2.24. The normalized spacial score (nSPS) is 23.2. The molecule has 0 spiro atoms. The number of hydrogen-bond donors (Lipinski definition) is 0. The summed E-state index contributed by atoms with van der Waals surface area (Å²) in [6, 6.07) is 5.63. The Labute approximate surface area is 142 Å². The van der Waals surface area contributed by atoms with Crippen molar-refractivity contribution in [2.75, 3.05) is 34.4 Å². The molecule has 6 heteroatoms. The van der Waals surface area contributed by atoms with Crippen LogP contribution < -0.4 is 9.47 Å². The zero-order chi connectivity index (χ0) is 17.3. The summed E-state index contributed by atoms with van der Waals surface area (Å²) in [7, 11) is 5.04. The van der Waals surface area contributed by atoms with Gasteiger partial charge in [0, 0.05) is 32.1 Å². The van der Waals surface area contributed by atoms with E-state index in [2.05, 4.69) is 0 Å². The molecule has 0 aromatic heterocycles. The average Bonchev–Trinajstić information content (AvgIpc) is 2.88. The molecule has 2 amide bonds. The molecule has 2 fully saturated rings. The highest BCUT2D eigenvalue weighted by molar-refractivity contribution is 5.81. The maximum absolute atomic E-state index is 12.7. The Morgan fingerprint density at radius 2 is 2.08 bits per heavy atom. The smallest absolute Gasteiger partial charge is 0.227 e. The molecule has 6 nitrogen and oxygen atoms in total. The first-order valence-corrected chi connectivity index (χ1v) is 8.27. The van der Waals surface area contributed by atoms with E-state index in [1.165, 1.54) is 0 Å². The molecule has 2 aliphatic rings. The molecule has 2 saturated heterocycles. The van der Waals surface area contributed by atoms with Crippen molar-refractivity contribution in [2.45, 2.75) is 25.3 Å². The number of ether oxygens (including phenoxy) is 2. The molecule has 2 aliphatic heterocycles. The number of methoxy groups -OCH3 is 2. The summed E-state index contributed by atoms with van der Waals surface area (Å²) < 4.78 is 10.6. The minimum absolute atomic E-state index is 0.0627. The Bertz CT molecular complexity index is 646. The minimum atomic E-state index is 0.0627. The third-order valence-corrected chi connectivity index (χ3v) is 5.23. The van der Waals surface area contributed by atoms with Gasteiger partial charge in [-0.2, -0.15) is 0 Å². The fraction of sp³-hybridized carbons (Fsp3) is 0.556. The predicted octanol–water partition coefficient (Wildman–Crippen LogP) is 1.33. The first kappa shape index (κ1) is 16.6. The lowest BCUT2D eigenvalue weighted by Gasteiger charge is -2.37. The van der Waals surface area contributed by atoms with Gasteiger partial charge in [0.15, 0.2) is 0 Å². The van der Waals surface area contributed by atoms with Crippen molar-refractivity contribution in [2.24, 2.45) is 5.92 Å².